The molecule has 0 aromatic heterocycles. The van der Waals surface area contributed by atoms with Crippen molar-refractivity contribution >= 4 is 23.7 Å². The average Bonchev–Trinajstić information content (AvgIpc) is 2.82. The summed E-state index contributed by atoms with van der Waals surface area (Å²) < 4.78 is 5.06. The predicted octanol–water partition coefficient (Wildman–Crippen LogP) is -0.0890. The van der Waals surface area contributed by atoms with Gasteiger partial charge in [0.1, 0.15) is 11.8 Å². The van der Waals surface area contributed by atoms with E-state index in [4.69, 9.17) is 9.84 Å². The van der Waals surface area contributed by atoms with Crippen LogP contribution in [0.4, 0.5) is 0 Å². The van der Waals surface area contributed by atoms with E-state index in [-0.39, 0.29) is 30.5 Å². The third-order valence-electron chi connectivity index (χ3n) is 3.86. The van der Waals surface area contributed by atoms with Gasteiger partial charge >= 0.3 is 5.97 Å². The Balaban J connectivity index is 1.78. The molecule has 23 heavy (non-hydrogen) atoms. The summed E-state index contributed by atoms with van der Waals surface area (Å²) >= 11 is 0. The van der Waals surface area contributed by atoms with Gasteiger partial charge in [-0.2, -0.15) is 0 Å². The maximum absolute atomic E-state index is 12.5. The van der Waals surface area contributed by atoms with Gasteiger partial charge in [0.15, 0.2) is 6.61 Å². The molecule has 120 valence electrons. The van der Waals surface area contributed by atoms with Crippen LogP contribution >= 0.6 is 0 Å². The number of aliphatic carboxylic acids is 1. The number of benzene rings is 1. The monoisotopic (exact) mass is 318 g/mol. The lowest BCUT2D eigenvalue weighted by atomic mass is 10.0. The van der Waals surface area contributed by atoms with Gasteiger partial charge in [-0.15, -0.1) is 0 Å². The number of carboxylic acids is 1. The third-order valence-corrected chi connectivity index (χ3v) is 3.86. The van der Waals surface area contributed by atoms with Crippen molar-refractivity contribution in [1.29, 1.82) is 0 Å². The number of amides is 3. The predicted molar refractivity (Wildman–Crippen MR) is 75.6 cm³/mol. The lowest BCUT2D eigenvalue weighted by Gasteiger charge is -2.29. The highest BCUT2D eigenvalue weighted by molar-refractivity contribution is 6.05. The topological polar surface area (TPSA) is 113 Å². The zero-order valence-electron chi connectivity index (χ0n) is 12.1. The molecule has 0 saturated carbocycles. The summed E-state index contributed by atoms with van der Waals surface area (Å²) in [5, 5.41) is 10.8. The molecule has 3 rings (SSSR count). The molecule has 3 amide bonds. The summed E-state index contributed by atoms with van der Waals surface area (Å²) in [7, 11) is 0. The molecule has 2 heterocycles. The van der Waals surface area contributed by atoms with Gasteiger partial charge in [-0.05, 0) is 24.1 Å². The van der Waals surface area contributed by atoms with Crippen LogP contribution in [0.1, 0.15) is 28.8 Å². The second-order valence-electron chi connectivity index (χ2n) is 5.40. The van der Waals surface area contributed by atoms with Crippen LogP contribution in [0.3, 0.4) is 0 Å². The highest BCUT2D eigenvalue weighted by Gasteiger charge is 2.39. The van der Waals surface area contributed by atoms with Crippen molar-refractivity contribution in [3.8, 4) is 5.75 Å². The fraction of sp³-hybridized carbons (Fsp3) is 0.333. The van der Waals surface area contributed by atoms with E-state index >= 15 is 0 Å². The van der Waals surface area contributed by atoms with E-state index in [1.165, 1.54) is 11.0 Å². The third kappa shape index (κ3) is 2.87. The van der Waals surface area contributed by atoms with Crippen molar-refractivity contribution in [3.63, 3.8) is 0 Å². The fourth-order valence-corrected chi connectivity index (χ4v) is 2.77. The molecule has 0 spiro atoms. The molecule has 1 aromatic carbocycles. The van der Waals surface area contributed by atoms with E-state index < -0.39 is 24.5 Å². The van der Waals surface area contributed by atoms with E-state index in [0.29, 0.717) is 12.0 Å². The Bertz CT molecular complexity index is 714. The minimum Gasteiger partial charge on any atom is -0.482 e. The number of rotatable bonds is 4. The van der Waals surface area contributed by atoms with Gasteiger partial charge in [0.2, 0.25) is 11.8 Å². The van der Waals surface area contributed by atoms with Gasteiger partial charge in [-0.3, -0.25) is 19.7 Å². The number of piperidine rings is 1. The molecule has 0 bridgehead atoms. The molecule has 1 aromatic rings. The standard InChI is InChI=1S/C15H14N2O6/c18-12-4-3-11(14(21)16-12)17-6-8-1-2-9(23-7-13(19)20)5-10(8)15(17)22/h1-2,5,11H,3-4,6-7H2,(H,19,20)(H,16,18,21). The van der Waals surface area contributed by atoms with Crippen LogP contribution in [0.2, 0.25) is 0 Å². The SMILES string of the molecule is O=C(O)COc1ccc2c(c1)C(=O)N(C1CCC(=O)NC1=O)C2. The second kappa shape index (κ2) is 5.71. The maximum Gasteiger partial charge on any atom is 0.341 e. The zero-order chi connectivity index (χ0) is 16.6. The fourth-order valence-electron chi connectivity index (χ4n) is 2.77. The Kier molecular flexibility index (Phi) is 3.73. The maximum atomic E-state index is 12.5. The smallest absolute Gasteiger partial charge is 0.341 e. The molecule has 8 nitrogen and oxygen atoms in total. The summed E-state index contributed by atoms with van der Waals surface area (Å²) in [4.78, 5) is 47.6. The van der Waals surface area contributed by atoms with Gasteiger partial charge in [0.25, 0.3) is 5.91 Å². The molecule has 2 aliphatic rings. The lowest BCUT2D eigenvalue weighted by Crippen LogP contribution is -2.52. The van der Waals surface area contributed by atoms with E-state index in [0.717, 1.165) is 5.56 Å². The van der Waals surface area contributed by atoms with E-state index in [1.54, 1.807) is 12.1 Å². The van der Waals surface area contributed by atoms with Crippen molar-refractivity contribution in [2.75, 3.05) is 6.61 Å². The number of fused-ring (bicyclic) bond motifs is 1. The highest BCUT2D eigenvalue weighted by atomic mass is 16.5. The molecule has 1 unspecified atom stereocenters. The van der Waals surface area contributed by atoms with Crippen molar-refractivity contribution in [2.45, 2.75) is 25.4 Å². The summed E-state index contributed by atoms with van der Waals surface area (Å²) in [5.41, 5.74) is 1.12. The van der Waals surface area contributed by atoms with Crippen LogP contribution in [0, 0.1) is 0 Å². The minimum absolute atomic E-state index is 0.198. The molecular formula is C15H14N2O6. The van der Waals surface area contributed by atoms with Crippen molar-refractivity contribution in [1.82, 2.24) is 10.2 Å². The molecule has 2 N–H and O–H groups in total. The second-order valence-corrected chi connectivity index (χ2v) is 5.40. The number of nitrogens with one attached hydrogen (secondary N) is 1. The Morgan fingerprint density at radius 1 is 1.35 bits per heavy atom. The number of ether oxygens (including phenoxy) is 1. The summed E-state index contributed by atoms with van der Waals surface area (Å²) in [5.74, 6) is -1.95. The molecule has 1 atom stereocenters. The van der Waals surface area contributed by atoms with Crippen LogP contribution < -0.4 is 10.1 Å². The molecule has 0 radical (unpaired) electrons. The first-order chi connectivity index (χ1) is 11.0. The number of imide groups is 1. The average molecular weight is 318 g/mol. The molecule has 8 heteroatoms. The van der Waals surface area contributed by atoms with E-state index in [9.17, 15) is 19.2 Å². The highest BCUT2D eigenvalue weighted by Crippen LogP contribution is 2.30. The Labute approximate surface area is 131 Å². The first-order valence-electron chi connectivity index (χ1n) is 7.08. The Hall–Kier alpha value is -2.90. The normalized spacial score (nSPS) is 20.3. The van der Waals surface area contributed by atoms with Gasteiger partial charge in [0.05, 0.1) is 0 Å². The van der Waals surface area contributed by atoms with Gasteiger partial charge in [-0.1, -0.05) is 6.07 Å². The van der Waals surface area contributed by atoms with Crippen LogP contribution in [-0.2, 0) is 20.9 Å². The number of hydrogen-bond donors (Lipinski definition) is 2. The van der Waals surface area contributed by atoms with Crippen LogP contribution in [0.15, 0.2) is 18.2 Å². The quantitative estimate of drug-likeness (QED) is 0.750. The number of carbonyl (C=O) groups excluding carboxylic acids is 3. The van der Waals surface area contributed by atoms with Crippen LogP contribution in [-0.4, -0.2) is 46.3 Å². The Morgan fingerprint density at radius 2 is 2.13 bits per heavy atom. The summed E-state index contributed by atoms with van der Waals surface area (Å²) in [6, 6.07) is 4.07. The first kappa shape index (κ1) is 15.0. The molecule has 2 aliphatic heterocycles. The lowest BCUT2D eigenvalue weighted by molar-refractivity contribution is -0.139. The molecule has 1 fully saturated rings. The number of nitrogens with zero attached hydrogens (tertiary/aromatic N) is 1. The minimum atomic E-state index is -1.11. The molecular weight excluding hydrogens is 304 g/mol. The van der Waals surface area contributed by atoms with Crippen molar-refractivity contribution in [2.24, 2.45) is 0 Å². The van der Waals surface area contributed by atoms with Crippen molar-refractivity contribution in [3.05, 3.63) is 29.3 Å². The van der Waals surface area contributed by atoms with E-state index in [2.05, 4.69) is 5.32 Å². The van der Waals surface area contributed by atoms with Gasteiger partial charge in [-0.25, -0.2) is 4.79 Å². The molecule has 1 saturated heterocycles. The van der Waals surface area contributed by atoms with Crippen LogP contribution in [0.25, 0.3) is 0 Å². The summed E-state index contributed by atoms with van der Waals surface area (Å²) in [6.07, 6.45) is 0.496. The summed E-state index contributed by atoms with van der Waals surface area (Å²) in [6.45, 7) is -0.219. The van der Waals surface area contributed by atoms with Gasteiger partial charge in [0, 0.05) is 18.5 Å². The van der Waals surface area contributed by atoms with Crippen molar-refractivity contribution < 1.29 is 29.0 Å². The first-order valence-corrected chi connectivity index (χ1v) is 7.08. The number of carbonyl (C=O) groups is 4. The number of hydrogen-bond acceptors (Lipinski definition) is 5. The zero-order valence-corrected chi connectivity index (χ0v) is 12.1. The number of carboxylic acid groups (broad SMARTS) is 1. The molecule has 0 aliphatic carbocycles. The van der Waals surface area contributed by atoms with Crippen LogP contribution in [0.5, 0.6) is 5.75 Å². The Morgan fingerprint density at radius 3 is 2.83 bits per heavy atom. The largest absolute Gasteiger partial charge is 0.482 e. The van der Waals surface area contributed by atoms with E-state index in [1.807, 2.05) is 0 Å². The van der Waals surface area contributed by atoms with Gasteiger partial charge < -0.3 is 14.7 Å².